The topological polar surface area (TPSA) is 84.3 Å². The van der Waals surface area contributed by atoms with Crippen molar-refractivity contribution in [2.75, 3.05) is 5.32 Å². The fourth-order valence-corrected chi connectivity index (χ4v) is 1.58. The van der Waals surface area contributed by atoms with Crippen LogP contribution in [0.4, 0.5) is 16.0 Å². The van der Waals surface area contributed by atoms with Gasteiger partial charge in [0.15, 0.2) is 0 Å². The highest BCUT2D eigenvalue weighted by atomic mass is 19.1. The molecule has 0 spiro atoms. The average Bonchev–Trinajstić information content (AvgIpc) is 2.40. The minimum absolute atomic E-state index is 0.0423. The second kappa shape index (κ2) is 6.17. The van der Waals surface area contributed by atoms with E-state index in [2.05, 4.69) is 15.3 Å². The average molecular weight is 291 g/mol. The maximum atomic E-state index is 13.8. The highest BCUT2D eigenvalue weighted by Gasteiger charge is 2.10. The van der Waals surface area contributed by atoms with Crippen molar-refractivity contribution in [1.82, 2.24) is 9.97 Å². The van der Waals surface area contributed by atoms with Crippen LogP contribution in [0.2, 0.25) is 0 Å². The minimum Gasteiger partial charge on any atom is -0.478 e. The second-order valence-corrected chi connectivity index (χ2v) is 4.51. The third-order valence-corrected chi connectivity index (χ3v) is 2.45. The predicted molar refractivity (Wildman–Crippen MR) is 74.4 cm³/mol. The van der Waals surface area contributed by atoms with Gasteiger partial charge in [-0.15, -0.1) is 0 Å². The van der Waals surface area contributed by atoms with Gasteiger partial charge in [0.05, 0.1) is 17.4 Å². The van der Waals surface area contributed by atoms with Crippen molar-refractivity contribution in [3.05, 3.63) is 41.8 Å². The minimum atomic E-state index is -1.19. The molecule has 21 heavy (non-hydrogen) atoms. The van der Waals surface area contributed by atoms with Crippen molar-refractivity contribution < 1.29 is 19.0 Å². The van der Waals surface area contributed by atoms with E-state index < -0.39 is 11.8 Å². The van der Waals surface area contributed by atoms with Crippen molar-refractivity contribution >= 4 is 17.6 Å². The van der Waals surface area contributed by atoms with Crippen LogP contribution in [0.3, 0.4) is 0 Å². The normalized spacial score (nSPS) is 10.5. The molecule has 2 N–H and O–H groups in total. The van der Waals surface area contributed by atoms with E-state index in [1.165, 1.54) is 18.3 Å². The van der Waals surface area contributed by atoms with Crippen LogP contribution in [-0.2, 0) is 0 Å². The molecule has 7 heteroatoms. The van der Waals surface area contributed by atoms with Gasteiger partial charge in [-0.3, -0.25) is 0 Å². The zero-order valence-corrected chi connectivity index (χ0v) is 11.5. The van der Waals surface area contributed by atoms with E-state index in [1.54, 1.807) is 6.07 Å². The zero-order chi connectivity index (χ0) is 15.4. The van der Waals surface area contributed by atoms with Crippen LogP contribution in [-0.4, -0.2) is 27.1 Å². The standard InChI is InChI=1S/C14H14FN3O3/c1-8(2)21-12-5-6-16-14(18-12)17-11-4-3-9(13(19)20)7-10(11)15/h3-8H,1-2H3,(H,19,20)(H,16,17,18). The number of halogens is 1. The molecule has 2 aromatic rings. The largest absolute Gasteiger partial charge is 0.478 e. The molecular weight excluding hydrogens is 277 g/mol. The lowest BCUT2D eigenvalue weighted by Crippen LogP contribution is -2.08. The smallest absolute Gasteiger partial charge is 0.335 e. The summed E-state index contributed by atoms with van der Waals surface area (Å²) in [6.07, 6.45) is 1.44. The van der Waals surface area contributed by atoms with Crippen molar-refractivity contribution in [3.8, 4) is 5.88 Å². The molecule has 0 unspecified atom stereocenters. The molecule has 0 radical (unpaired) electrons. The van der Waals surface area contributed by atoms with Crippen molar-refractivity contribution in [2.45, 2.75) is 20.0 Å². The quantitative estimate of drug-likeness (QED) is 0.881. The fourth-order valence-electron chi connectivity index (χ4n) is 1.58. The maximum Gasteiger partial charge on any atom is 0.335 e. The van der Waals surface area contributed by atoms with Gasteiger partial charge >= 0.3 is 5.97 Å². The molecule has 1 aromatic heterocycles. The summed E-state index contributed by atoms with van der Waals surface area (Å²) >= 11 is 0. The van der Waals surface area contributed by atoms with Gasteiger partial charge in [0.1, 0.15) is 5.82 Å². The van der Waals surface area contributed by atoms with Gasteiger partial charge in [-0.2, -0.15) is 4.98 Å². The Morgan fingerprint density at radius 3 is 2.76 bits per heavy atom. The van der Waals surface area contributed by atoms with E-state index in [4.69, 9.17) is 9.84 Å². The van der Waals surface area contributed by atoms with Crippen LogP contribution in [0.15, 0.2) is 30.5 Å². The van der Waals surface area contributed by atoms with E-state index in [-0.39, 0.29) is 23.3 Å². The summed E-state index contributed by atoms with van der Waals surface area (Å²) in [4.78, 5) is 18.8. The first-order chi connectivity index (χ1) is 9.95. The van der Waals surface area contributed by atoms with Crippen molar-refractivity contribution in [3.63, 3.8) is 0 Å². The third kappa shape index (κ3) is 3.88. The van der Waals surface area contributed by atoms with Crippen molar-refractivity contribution in [2.24, 2.45) is 0 Å². The fraction of sp³-hybridized carbons (Fsp3) is 0.214. The molecule has 0 saturated heterocycles. The molecule has 1 heterocycles. The Bertz CT molecular complexity index is 662. The van der Waals surface area contributed by atoms with Crippen LogP contribution in [0.25, 0.3) is 0 Å². The number of aromatic carboxylic acids is 1. The molecule has 0 atom stereocenters. The lowest BCUT2D eigenvalue weighted by atomic mass is 10.2. The summed E-state index contributed by atoms with van der Waals surface area (Å²) < 4.78 is 19.2. The van der Waals surface area contributed by atoms with Crippen LogP contribution < -0.4 is 10.1 Å². The summed E-state index contributed by atoms with van der Waals surface area (Å²) in [6.45, 7) is 3.72. The number of anilines is 2. The molecule has 110 valence electrons. The lowest BCUT2D eigenvalue weighted by Gasteiger charge is -2.10. The number of hydrogen-bond acceptors (Lipinski definition) is 5. The van der Waals surface area contributed by atoms with E-state index >= 15 is 0 Å². The van der Waals surface area contributed by atoms with Crippen LogP contribution in [0.5, 0.6) is 5.88 Å². The number of hydrogen-bond donors (Lipinski definition) is 2. The van der Waals surface area contributed by atoms with Gasteiger partial charge in [0.25, 0.3) is 0 Å². The molecule has 0 aliphatic carbocycles. The highest BCUT2D eigenvalue weighted by Crippen LogP contribution is 2.20. The van der Waals surface area contributed by atoms with E-state index in [9.17, 15) is 9.18 Å². The lowest BCUT2D eigenvalue weighted by molar-refractivity contribution is 0.0696. The number of carbonyl (C=O) groups is 1. The number of aromatic nitrogens is 2. The van der Waals surface area contributed by atoms with Gasteiger partial charge < -0.3 is 15.2 Å². The number of benzene rings is 1. The Hall–Kier alpha value is -2.70. The first-order valence-electron chi connectivity index (χ1n) is 6.25. The Morgan fingerprint density at radius 1 is 1.38 bits per heavy atom. The Kier molecular flexibility index (Phi) is 4.32. The number of ether oxygens (including phenoxy) is 1. The van der Waals surface area contributed by atoms with Crippen LogP contribution in [0.1, 0.15) is 24.2 Å². The zero-order valence-electron chi connectivity index (χ0n) is 11.5. The van der Waals surface area contributed by atoms with Crippen LogP contribution >= 0.6 is 0 Å². The molecule has 1 aromatic carbocycles. The number of rotatable bonds is 5. The summed E-state index contributed by atoms with van der Waals surface area (Å²) in [6, 6.07) is 5.13. The molecule has 0 amide bonds. The van der Waals surface area contributed by atoms with E-state index in [1.807, 2.05) is 13.8 Å². The molecule has 2 rings (SSSR count). The summed E-state index contributed by atoms with van der Waals surface area (Å²) in [5, 5.41) is 11.5. The number of carboxylic acid groups (broad SMARTS) is 1. The second-order valence-electron chi connectivity index (χ2n) is 4.51. The van der Waals surface area contributed by atoms with Gasteiger partial charge in [-0.25, -0.2) is 14.2 Å². The van der Waals surface area contributed by atoms with Gasteiger partial charge in [0.2, 0.25) is 11.8 Å². The highest BCUT2D eigenvalue weighted by molar-refractivity contribution is 5.88. The SMILES string of the molecule is CC(C)Oc1ccnc(Nc2ccc(C(=O)O)cc2F)n1. The number of carboxylic acids is 1. The summed E-state index contributed by atoms with van der Waals surface area (Å²) in [5.41, 5.74) is -0.0439. The van der Waals surface area contributed by atoms with Gasteiger partial charge in [-0.05, 0) is 32.0 Å². The third-order valence-electron chi connectivity index (χ3n) is 2.45. The number of nitrogens with one attached hydrogen (secondary N) is 1. The van der Waals surface area contributed by atoms with E-state index in [0.717, 1.165) is 6.07 Å². The monoisotopic (exact) mass is 291 g/mol. The molecule has 0 bridgehead atoms. The summed E-state index contributed by atoms with van der Waals surface area (Å²) in [5.74, 6) is -1.36. The molecule has 6 nitrogen and oxygen atoms in total. The molecule has 0 aliphatic rings. The first-order valence-corrected chi connectivity index (χ1v) is 6.25. The molecule has 0 saturated carbocycles. The predicted octanol–water partition coefficient (Wildman–Crippen LogP) is 2.84. The molecule has 0 aliphatic heterocycles. The number of nitrogens with zero attached hydrogens (tertiary/aromatic N) is 2. The van der Waals surface area contributed by atoms with Gasteiger partial charge in [-0.1, -0.05) is 0 Å². The van der Waals surface area contributed by atoms with Crippen molar-refractivity contribution in [1.29, 1.82) is 0 Å². The summed E-state index contributed by atoms with van der Waals surface area (Å²) in [7, 11) is 0. The van der Waals surface area contributed by atoms with Gasteiger partial charge in [0, 0.05) is 12.3 Å². The molecule has 0 fully saturated rings. The Balaban J connectivity index is 2.20. The van der Waals surface area contributed by atoms with Crippen LogP contribution in [0, 0.1) is 5.82 Å². The van der Waals surface area contributed by atoms with E-state index in [0.29, 0.717) is 5.88 Å². The molecular formula is C14H14FN3O3. The Labute approximate surface area is 120 Å². The Morgan fingerprint density at radius 2 is 2.14 bits per heavy atom. The maximum absolute atomic E-state index is 13.8. The first kappa shape index (κ1) is 14.7.